The molecule has 2 aromatic rings. The van der Waals surface area contributed by atoms with Gasteiger partial charge in [0.2, 0.25) is 0 Å². The summed E-state index contributed by atoms with van der Waals surface area (Å²) in [4.78, 5) is 16.1. The number of carbonyl (C=O) groups is 1. The van der Waals surface area contributed by atoms with Crippen LogP contribution in [0.15, 0.2) is 41.1 Å². The first-order chi connectivity index (χ1) is 9.11. The second-order valence-electron chi connectivity index (χ2n) is 3.99. The predicted octanol–water partition coefficient (Wildman–Crippen LogP) is 3.41. The fourth-order valence-corrected chi connectivity index (χ4v) is 1.98. The molecule has 98 valence electrons. The quantitative estimate of drug-likeness (QED) is 0.942. The van der Waals surface area contributed by atoms with Gasteiger partial charge in [0.25, 0.3) is 5.91 Å². The van der Waals surface area contributed by atoms with Gasteiger partial charge in [-0.05, 0) is 30.7 Å². The molecule has 2 rings (SSSR count). The van der Waals surface area contributed by atoms with Crippen LogP contribution in [0.25, 0.3) is 0 Å². The Balaban J connectivity index is 2.23. The lowest BCUT2D eigenvalue weighted by Gasteiger charge is -2.09. The summed E-state index contributed by atoms with van der Waals surface area (Å²) in [6.07, 6.45) is 3.07. The Labute approximate surface area is 119 Å². The minimum atomic E-state index is -0.227. The van der Waals surface area contributed by atoms with Gasteiger partial charge < -0.3 is 10.1 Å². The molecule has 1 amide bonds. The number of rotatable bonds is 3. The van der Waals surface area contributed by atoms with Crippen molar-refractivity contribution in [2.24, 2.45) is 0 Å². The molecular weight excluding hydrogens is 308 g/mol. The van der Waals surface area contributed by atoms with Gasteiger partial charge in [0.15, 0.2) is 0 Å². The third kappa shape index (κ3) is 3.12. The van der Waals surface area contributed by atoms with E-state index < -0.39 is 0 Å². The summed E-state index contributed by atoms with van der Waals surface area (Å²) in [6, 6.07) is 7.27. The number of benzene rings is 1. The average Bonchev–Trinajstić information content (AvgIpc) is 2.43. The number of carbonyl (C=O) groups excluding carboxylic acids is 1. The Bertz CT molecular complexity index is 614. The first-order valence-electron chi connectivity index (χ1n) is 5.67. The van der Waals surface area contributed by atoms with Crippen LogP contribution in [-0.4, -0.2) is 18.0 Å². The molecule has 1 aromatic carbocycles. The number of amides is 1. The van der Waals surface area contributed by atoms with Crippen molar-refractivity contribution in [2.75, 3.05) is 12.4 Å². The van der Waals surface area contributed by atoms with Crippen LogP contribution in [0.5, 0.6) is 5.75 Å². The number of aryl methyl sites for hydroxylation is 1. The van der Waals surface area contributed by atoms with Crippen LogP contribution in [0.1, 0.15) is 15.9 Å². The lowest BCUT2D eigenvalue weighted by Crippen LogP contribution is -2.13. The smallest absolute Gasteiger partial charge is 0.259 e. The lowest BCUT2D eigenvalue weighted by molar-refractivity contribution is 0.102. The molecule has 1 N–H and O–H groups in total. The highest BCUT2D eigenvalue weighted by molar-refractivity contribution is 9.10. The summed E-state index contributed by atoms with van der Waals surface area (Å²) in [5.41, 5.74) is 2.29. The summed E-state index contributed by atoms with van der Waals surface area (Å²) in [6.45, 7) is 1.99. The molecule has 5 heteroatoms. The Hall–Kier alpha value is -1.88. The first kappa shape index (κ1) is 13.5. The number of anilines is 1. The van der Waals surface area contributed by atoms with Crippen LogP contribution in [0.2, 0.25) is 0 Å². The summed E-state index contributed by atoms with van der Waals surface area (Å²) >= 11 is 3.43. The minimum Gasteiger partial charge on any atom is -0.494 e. The molecule has 0 aliphatic heterocycles. The molecular formula is C14H13BrN2O2. The van der Waals surface area contributed by atoms with Gasteiger partial charge in [0.1, 0.15) is 5.75 Å². The van der Waals surface area contributed by atoms with Gasteiger partial charge in [-0.3, -0.25) is 9.78 Å². The fraction of sp³-hybridized carbons (Fsp3) is 0.143. The highest BCUT2D eigenvalue weighted by Crippen LogP contribution is 2.22. The Kier molecular flexibility index (Phi) is 4.16. The molecule has 0 radical (unpaired) electrons. The molecule has 0 aliphatic rings. The summed E-state index contributed by atoms with van der Waals surface area (Å²) in [7, 11) is 1.51. The van der Waals surface area contributed by atoms with E-state index in [-0.39, 0.29) is 5.91 Å². The van der Waals surface area contributed by atoms with E-state index in [4.69, 9.17) is 4.74 Å². The van der Waals surface area contributed by atoms with Crippen molar-refractivity contribution in [1.82, 2.24) is 4.98 Å². The van der Waals surface area contributed by atoms with Crippen LogP contribution in [0.3, 0.4) is 0 Å². The molecule has 0 fully saturated rings. The molecule has 19 heavy (non-hydrogen) atoms. The maximum Gasteiger partial charge on any atom is 0.259 e. The number of pyridine rings is 1. The number of hydrogen-bond donors (Lipinski definition) is 1. The van der Waals surface area contributed by atoms with Crippen molar-refractivity contribution in [1.29, 1.82) is 0 Å². The van der Waals surface area contributed by atoms with E-state index in [0.29, 0.717) is 11.3 Å². The molecule has 1 aromatic heterocycles. The van der Waals surface area contributed by atoms with Gasteiger partial charge in [-0.25, -0.2) is 0 Å². The number of methoxy groups -OCH3 is 1. The summed E-state index contributed by atoms with van der Waals surface area (Å²) in [5.74, 6) is 0.223. The Morgan fingerprint density at radius 1 is 1.37 bits per heavy atom. The highest BCUT2D eigenvalue weighted by Gasteiger charge is 2.12. The molecule has 0 unspecified atom stereocenters. The van der Waals surface area contributed by atoms with Crippen molar-refractivity contribution in [3.8, 4) is 5.75 Å². The van der Waals surface area contributed by atoms with Crippen LogP contribution >= 0.6 is 15.9 Å². The zero-order valence-corrected chi connectivity index (χ0v) is 12.2. The van der Waals surface area contributed by atoms with Crippen molar-refractivity contribution in [3.63, 3.8) is 0 Å². The Morgan fingerprint density at radius 2 is 2.16 bits per heavy atom. The number of aromatic nitrogens is 1. The van der Waals surface area contributed by atoms with Gasteiger partial charge in [-0.1, -0.05) is 22.0 Å². The van der Waals surface area contributed by atoms with Crippen molar-refractivity contribution < 1.29 is 9.53 Å². The van der Waals surface area contributed by atoms with Gasteiger partial charge in [-0.15, -0.1) is 0 Å². The van der Waals surface area contributed by atoms with E-state index in [1.165, 1.54) is 13.3 Å². The van der Waals surface area contributed by atoms with Crippen LogP contribution < -0.4 is 10.1 Å². The highest BCUT2D eigenvalue weighted by atomic mass is 79.9. The van der Waals surface area contributed by atoms with E-state index >= 15 is 0 Å². The largest absolute Gasteiger partial charge is 0.494 e. The maximum absolute atomic E-state index is 12.2. The van der Waals surface area contributed by atoms with Gasteiger partial charge >= 0.3 is 0 Å². The van der Waals surface area contributed by atoms with Crippen molar-refractivity contribution in [2.45, 2.75) is 6.92 Å². The van der Waals surface area contributed by atoms with E-state index in [0.717, 1.165) is 15.7 Å². The molecule has 0 saturated carbocycles. The number of nitrogens with one attached hydrogen (secondary N) is 1. The number of nitrogens with zero attached hydrogens (tertiary/aromatic N) is 1. The van der Waals surface area contributed by atoms with E-state index in [1.54, 1.807) is 12.3 Å². The minimum absolute atomic E-state index is 0.227. The van der Waals surface area contributed by atoms with Gasteiger partial charge in [0.05, 0.1) is 18.9 Å². The molecule has 0 atom stereocenters. The topological polar surface area (TPSA) is 51.2 Å². The monoisotopic (exact) mass is 320 g/mol. The average molecular weight is 321 g/mol. The van der Waals surface area contributed by atoms with Crippen molar-refractivity contribution in [3.05, 3.63) is 52.3 Å². The number of hydrogen-bond acceptors (Lipinski definition) is 3. The second-order valence-corrected chi connectivity index (χ2v) is 4.85. The fourth-order valence-electron chi connectivity index (χ4n) is 1.60. The van der Waals surface area contributed by atoms with Gasteiger partial charge in [0, 0.05) is 16.4 Å². The third-order valence-corrected chi connectivity index (χ3v) is 3.53. The molecule has 0 bridgehead atoms. The zero-order chi connectivity index (χ0) is 13.8. The van der Waals surface area contributed by atoms with E-state index in [2.05, 4.69) is 26.2 Å². The molecule has 0 spiro atoms. The number of halogens is 1. The normalized spacial score (nSPS) is 10.1. The molecule has 4 nitrogen and oxygen atoms in total. The van der Waals surface area contributed by atoms with E-state index in [9.17, 15) is 4.79 Å². The van der Waals surface area contributed by atoms with Crippen LogP contribution in [0, 0.1) is 6.92 Å². The summed E-state index contributed by atoms with van der Waals surface area (Å²) in [5, 5.41) is 2.82. The maximum atomic E-state index is 12.2. The lowest BCUT2D eigenvalue weighted by atomic mass is 10.2. The van der Waals surface area contributed by atoms with Crippen LogP contribution in [0.4, 0.5) is 5.69 Å². The van der Waals surface area contributed by atoms with Crippen LogP contribution in [-0.2, 0) is 0 Å². The summed E-state index contributed by atoms with van der Waals surface area (Å²) < 4.78 is 6.07. The number of ether oxygens (including phenoxy) is 1. The molecule has 0 saturated heterocycles. The van der Waals surface area contributed by atoms with E-state index in [1.807, 2.05) is 25.1 Å². The molecule has 0 aliphatic carbocycles. The Morgan fingerprint density at radius 3 is 2.84 bits per heavy atom. The zero-order valence-electron chi connectivity index (χ0n) is 10.6. The standard InChI is InChI=1S/C14H13BrN2O2/c1-9-3-4-10(7-12(9)15)17-14(18)11-5-6-16-8-13(11)19-2/h3-8H,1-2H3,(H,17,18). The first-order valence-corrected chi connectivity index (χ1v) is 6.46. The molecule has 1 heterocycles. The third-order valence-electron chi connectivity index (χ3n) is 2.68. The van der Waals surface area contributed by atoms with Crippen molar-refractivity contribution >= 4 is 27.5 Å². The second kappa shape index (κ2) is 5.84. The predicted molar refractivity (Wildman–Crippen MR) is 77.6 cm³/mol. The SMILES string of the molecule is COc1cnccc1C(=O)Nc1ccc(C)c(Br)c1. The van der Waals surface area contributed by atoms with Gasteiger partial charge in [-0.2, -0.15) is 0 Å².